The van der Waals surface area contributed by atoms with Crippen LogP contribution in [0.2, 0.25) is 0 Å². The lowest BCUT2D eigenvalue weighted by Gasteiger charge is -2.08. The summed E-state index contributed by atoms with van der Waals surface area (Å²) in [5.74, 6) is -0.188. The van der Waals surface area contributed by atoms with Gasteiger partial charge in [0.1, 0.15) is 0 Å². The Hall–Kier alpha value is -1.75. The number of hydrogen-bond acceptors (Lipinski definition) is 4. The summed E-state index contributed by atoms with van der Waals surface area (Å²) in [6.45, 7) is 9.27. The second kappa shape index (κ2) is 9.22. The van der Waals surface area contributed by atoms with Gasteiger partial charge in [-0.1, -0.05) is 27.7 Å². The fraction of sp³-hybridized carbons (Fsp3) is 0.500. The van der Waals surface area contributed by atoms with Gasteiger partial charge in [-0.2, -0.15) is 0 Å². The van der Waals surface area contributed by atoms with E-state index in [4.69, 9.17) is 10.3 Å². The quantitative estimate of drug-likeness (QED) is 0.613. The molecule has 0 bridgehead atoms. The lowest BCUT2D eigenvalue weighted by molar-refractivity contribution is 0.0697. The van der Waals surface area contributed by atoms with E-state index >= 15 is 0 Å². The maximum absolute atomic E-state index is 10.8. The van der Waals surface area contributed by atoms with Crippen molar-refractivity contribution in [3.63, 3.8) is 0 Å². The van der Waals surface area contributed by atoms with Gasteiger partial charge in [0, 0.05) is 12.2 Å². The van der Waals surface area contributed by atoms with Crippen LogP contribution < -0.4 is 10.8 Å². The zero-order valence-electron chi connectivity index (χ0n) is 12.0. The summed E-state index contributed by atoms with van der Waals surface area (Å²) < 4.78 is 0. The van der Waals surface area contributed by atoms with E-state index in [1.807, 2.05) is 12.4 Å². The first kappa shape index (κ1) is 17.2. The molecule has 0 aliphatic heterocycles. The van der Waals surface area contributed by atoms with E-state index in [9.17, 15) is 4.79 Å². The number of carboxylic acid groups (broad SMARTS) is 1. The average molecular weight is 268 g/mol. The van der Waals surface area contributed by atoms with Crippen molar-refractivity contribution in [3.8, 4) is 0 Å². The molecule has 0 heterocycles. The molecule has 0 aliphatic rings. The summed E-state index contributed by atoms with van der Waals surface area (Å²) in [5, 5.41) is 20.6. The highest BCUT2D eigenvalue weighted by atomic mass is 16.5. The molecule has 4 N–H and O–H groups in total. The molecule has 0 atom stereocenters. The molecule has 19 heavy (non-hydrogen) atoms. The molecule has 0 aliphatic carbocycles. The van der Waals surface area contributed by atoms with Crippen LogP contribution in [0.15, 0.2) is 18.2 Å². The van der Waals surface area contributed by atoms with E-state index in [1.165, 1.54) is 12.1 Å². The topological polar surface area (TPSA) is 81.6 Å². The predicted octanol–water partition coefficient (Wildman–Crippen LogP) is 3.67. The Labute approximate surface area is 114 Å². The molecule has 0 amide bonds. The first-order valence-electron chi connectivity index (χ1n) is 6.43. The van der Waals surface area contributed by atoms with Crippen molar-refractivity contribution in [2.45, 2.75) is 34.1 Å². The average Bonchev–Trinajstić information content (AvgIpc) is 2.35. The van der Waals surface area contributed by atoms with Crippen molar-refractivity contribution in [1.29, 1.82) is 0 Å². The molecule has 5 nitrogen and oxygen atoms in total. The van der Waals surface area contributed by atoms with Gasteiger partial charge in [-0.15, -0.1) is 0 Å². The highest BCUT2D eigenvalue weighted by molar-refractivity contribution is 5.90. The summed E-state index contributed by atoms with van der Waals surface area (Å²) in [4.78, 5) is 10.8. The number of nitrogens with one attached hydrogen (secondary N) is 2. The fourth-order valence-corrected chi connectivity index (χ4v) is 1.19. The molecule has 0 unspecified atom stereocenters. The van der Waals surface area contributed by atoms with Crippen molar-refractivity contribution < 1.29 is 15.1 Å². The normalized spacial score (nSPS) is 9.58. The van der Waals surface area contributed by atoms with Crippen molar-refractivity contribution in [3.05, 3.63) is 23.8 Å². The van der Waals surface area contributed by atoms with Gasteiger partial charge in [-0.3, -0.25) is 10.7 Å². The van der Waals surface area contributed by atoms with Gasteiger partial charge < -0.3 is 10.4 Å². The Morgan fingerprint density at radius 3 is 2.16 bits per heavy atom. The molecule has 0 spiro atoms. The first-order chi connectivity index (χ1) is 8.90. The molecule has 0 aromatic heterocycles. The maximum Gasteiger partial charge on any atom is 0.335 e. The summed E-state index contributed by atoms with van der Waals surface area (Å²) in [5.41, 5.74) is 3.10. The molecule has 0 saturated heterocycles. The fourth-order valence-electron chi connectivity index (χ4n) is 1.19. The van der Waals surface area contributed by atoms with E-state index < -0.39 is 5.97 Å². The number of benzene rings is 1. The van der Waals surface area contributed by atoms with E-state index in [0.29, 0.717) is 11.4 Å². The molecular formula is C14H24N2O3. The zero-order valence-corrected chi connectivity index (χ0v) is 12.0. The molecule has 0 saturated carbocycles. The largest absolute Gasteiger partial charge is 0.478 e. The van der Waals surface area contributed by atoms with Crippen LogP contribution in [-0.2, 0) is 0 Å². The van der Waals surface area contributed by atoms with Gasteiger partial charge in [0.15, 0.2) is 0 Å². The lowest BCUT2D eigenvalue weighted by atomic mass is 10.1. The van der Waals surface area contributed by atoms with E-state index in [0.717, 1.165) is 18.9 Å². The van der Waals surface area contributed by atoms with Gasteiger partial charge >= 0.3 is 5.97 Å². The van der Waals surface area contributed by atoms with Crippen LogP contribution in [0.3, 0.4) is 0 Å². The third-order valence-electron chi connectivity index (χ3n) is 1.89. The Kier molecular flexibility index (Phi) is 8.37. The molecule has 108 valence electrons. The standard InChI is InChI=1S/C10H14N2O3.C4H10/c1-2-3-11-8-4-7(10(13)14)5-9(6-8)12-15;1-4(2)3/h4-6,11-12,15H,2-3H2,1H3,(H,13,14);4H,1-3H3. The molecule has 5 heteroatoms. The van der Waals surface area contributed by atoms with Crippen LogP contribution >= 0.6 is 0 Å². The van der Waals surface area contributed by atoms with Gasteiger partial charge in [0.25, 0.3) is 0 Å². The molecule has 1 aromatic carbocycles. The first-order valence-corrected chi connectivity index (χ1v) is 6.43. The van der Waals surface area contributed by atoms with Gasteiger partial charge in [0.2, 0.25) is 0 Å². The molecule has 0 radical (unpaired) electrons. The van der Waals surface area contributed by atoms with Gasteiger partial charge in [-0.25, -0.2) is 4.79 Å². The Morgan fingerprint density at radius 1 is 1.21 bits per heavy atom. The SMILES string of the molecule is CC(C)C.CCCNc1cc(NO)cc(C(=O)O)c1. The second-order valence-electron chi connectivity index (χ2n) is 4.87. The van der Waals surface area contributed by atoms with Crippen molar-refractivity contribution in [1.82, 2.24) is 0 Å². The summed E-state index contributed by atoms with van der Waals surface area (Å²) in [6, 6.07) is 4.53. The Balaban J connectivity index is 0.000000711. The number of carboxylic acids is 1. The Morgan fingerprint density at radius 2 is 1.74 bits per heavy atom. The maximum atomic E-state index is 10.8. The van der Waals surface area contributed by atoms with Crippen LogP contribution in [0.1, 0.15) is 44.5 Å². The van der Waals surface area contributed by atoms with Crippen LogP contribution in [0, 0.1) is 5.92 Å². The third-order valence-corrected chi connectivity index (χ3v) is 1.89. The Bertz CT molecular complexity index is 390. The molecule has 1 rings (SSSR count). The highest BCUT2D eigenvalue weighted by Crippen LogP contribution is 2.18. The lowest BCUT2D eigenvalue weighted by Crippen LogP contribution is -2.04. The third kappa shape index (κ3) is 8.05. The van der Waals surface area contributed by atoms with Crippen molar-refractivity contribution >= 4 is 17.3 Å². The molecule has 0 fully saturated rings. The van der Waals surface area contributed by atoms with E-state index in [2.05, 4.69) is 26.1 Å². The zero-order chi connectivity index (χ0) is 14.8. The summed E-state index contributed by atoms with van der Waals surface area (Å²) in [6.07, 6.45) is 0.944. The molecular weight excluding hydrogens is 244 g/mol. The van der Waals surface area contributed by atoms with Crippen LogP contribution in [0.5, 0.6) is 0 Å². The van der Waals surface area contributed by atoms with E-state index in [-0.39, 0.29) is 5.56 Å². The summed E-state index contributed by atoms with van der Waals surface area (Å²) >= 11 is 0. The highest BCUT2D eigenvalue weighted by Gasteiger charge is 2.06. The monoisotopic (exact) mass is 268 g/mol. The minimum Gasteiger partial charge on any atom is -0.478 e. The van der Waals surface area contributed by atoms with Crippen LogP contribution in [-0.4, -0.2) is 22.8 Å². The van der Waals surface area contributed by atoms with Crippen LogP contribution in [0.4, 0.5) is 11.4 Å². The van der Waals surface area contributed by atoms with Crippen molar-refractivity contribution in [2.24, 2.45) is 5.92 Å². The number of anilines is 2. The van der Waals surface area contributed by atoms with E-state index in [1.54, 1.807) is 6.07 Å². The minimum atomic E-state index is -1.02. The number of hydrogen-bond donors (Lipinski definition) is 4. The smallest absolute Gasteiger partial charge is 0.335 e. The van der Waals surface area contributed by atoms with Gasteiger partial charge in [0.05, 0.1) is 11.3 Å². The number of carbonyl (C=O) groups is 1. The predicted molar refractivity (Wildman–Crippen MR) is 78.1 cm³/mol. The van der Waals surface area contributed by atoms with Crippen LogP contribution in [0.25, 0.3) is 0 Å². The second-order valence-corrected chi connectivity index (χ2v) is 4.87. The van der Waals surface area contributed by atoms with Gasteiger partial charge in [-0.05, 0) is 30.5 Å². The van der Waals surface area contributed by atoms with Crippen molar-refractivity contribution in [2.75, 3.05) is 17.3 Å². The number of aromatic carboxylic acids is 1. The minimum absolute atomic E-state index is 0.132. The summed E-state index contributed by atoms with van der Waals surface area (Å²) in [7, 11) is 0. The molecule has 1 aromatic rings. The number of rotatable bonds is 5.